The summed E-state index contributed by atoms with van der Waals surface area (Å²) in [6.07, 6.45) is 3.11. The number of hydrogen-bond acceptors (Lipinski definition) is 3. The normalized spacial score (nSPS) is 11.7. The van der Waals surface area contributed by atoms with Gasteiger partial charge in [0.15, 0.2) is 0 Å². The average Bonchev–Trinajstić information content (AvgIpc) is 2.60. The average molecular weight is 297 g/mol. The molecule has 0 atom stereocenters. The van der Waals surface area contributed by atoms with E-state index in [9.17, 15) is 4.79 Å². The molecule has 23 heavy (non-hydrogen) atoms. The van der Waals surface area contributed by atoms with E-state index in [1.54, 1.807) is 6.20 Å². The zero-order valence-electron chi connectivity index (χ0n) is 12.1. The van der Waals surface area contributed by atoms with Gasteiger partial charge in [-0.25, -0.2) is 0 Å². The molecule has 5 rings (SSSR count). The molecule has 0 spiro atoms. The van der Waals surface area contributed by atoms with Crippen LogP contribution in [-0.4, -0.2) is 4.98 Å². The van der Waals surface area contributed by atoms with Crippen molar-refractivity contribution in [2.75, 3.05) is 0 Å². The summed E-state index contributed by atoms with van der Waals surface area (Å²) >= 11 is 0. The Morgan fingerprint density at radius 3 is 2.43 bits per heavy atom. The van der Waals surface area contributed by atoms with Gasteiger partial charge in [-0.3, -0.25) is 9.78 Å². The van der Waals surface area contributed by atoms with Crippen molar-refractivity contribution in [3.05, 3.63) is 77.2 Å². The third-order valence-electron chi connectivity index (χ3n) is 4.34. The highest BCUT2D eigenvalue weighted by molar-refractivity contribution is 6.17. The van der Waals surface area contributed by atoms with Gasteiger partial charge in [0.25, 0.3) is 0 Å². The largest absolute Gasteiger partial charge is 0.456 e. The van der Waals surface area contributed by atoms with Gasteiger partial charge >= 0.3 is 0 Å². The lowest BCUT2D eigenvalue weighted by Crippen LogP contribution is -2.00. The maximum Gasteiger partial charge on any atom is 0.204 e. The van der Waals surface area contributed by atoms with Crippen LogP contribution in [0.5, 0.6) is 0 Å². The molecule has 0 fully saturated rings. The second-order valence-electron chi connectivity index (χ2n) is 5.66. The molecule has 2 heterocycles. The molecule has 0 N–H and O–H groups in total. The van der Waals surface area contributed by atoms with Crippen LogP contribution >= 0.6 is 0 Å². The minimum absolute atomic E-state index is 0.0484. The Morgan fingerprint density at radius 2 is 1.48 bits per heavy atom. The van der Waals surface area contributed by atoms with Crippen LogP contribution in [0.15, 0.2) is 76.2 Å². The first-order valence-electron chi connectivity index (χ1n) is 7.43. The Kier molecular flexibility index (Phi) is 2.36. The van der Waals surface area contributed by atoms with Crippen LogP contribution in [-0.2, 0) is 0 Å². The van der Waals surface area contributed by atoms with Crippen LogP contribution in [0.4, 0.5) is 0 Å². The van der Waals surface area contributed by atoms with E-state index in [0.717, 1.165) is 38.1 Å². The maximum absolute atomic E-state index is 12.0. The van der Waals surface area contributed by atoms with Gasteiger partial charge in [0.05, 0.1) is 6.20 Å². The molecular formula is C20H11NO2. The maximum atomic E-state index is 12.0. The summed E-state index contributed by atoms with van der Waals surface area (Å²) in [4.78, 5) is 16.0. The van der Waals surface area contributed by atoms with E-state index in [-0.39, 0.29) is 5.43 Å². The van der Waals surface area contributed by atoms with E-state index < -0.39 is 0 Å². The lowest BCUT2D eigenvalue weighted by Gasteiger charge is -2.07. The first-order chi connectivity index (χ1) is 11.3. The zero-order chi connectivity index (χ0) is 15.4. The Hall–Kier alpha value is -3.20. The Labute approximate surface area is 130 Å². The number of nitrogens with zero attached hydrogens (tertiary/aromatic N) is 1. The predicted molar refractivity (Wildman–Crippen MR) is 92.8 cm³/mol. The summed E-state index contributed by atoms with van der Waals surface area (Å²) in [5, 5.41) is 5.76. The van der Waals surface area contributed by atoms with Crippen LogP contribution in [0.25, 0.3) is 43.5 Å². The lowest BCUT2D eigenvalue weighted by molar-refractivity contribution is 0.661. The Morgan fingerprint density at radius 1 is 0.696 bits per heavy atom. The van der Waals surface area contributed by atoms with Crippen LogP contribution in [0.1, 0.15) is 0 Å². The fourth-order valence-electron chi connectivity index (χ4n) is 3.24. The van der Waals surface area contributed by atoms with Crippen LogP contribution in [0.3, 0.4) is 0 Å². The number of aromatic nitrogens is 1. The number of benzene rings is 3. The second-order valence-corrected chi connectivity index (χ2v) is 5.66. The quantitative estimate of drug-likeness (QED) is 0.309. The van der Waals surface area contributed by atoms with Crippen molar-refractivity contribution in [2.24, 2.45) is 0 Å². The third kappa shape index (κ3) is 1.70. The molecule has 0 aliphatic heterocycles. The predicted octanol–water partition coefficient (Wildman–Crippen LogP) is 4.65. The Balaban J connectivity index is 2.03. The molecule has 5 aromatic rings. The molecule has 3 aromatic carbocycles. The van der Waals surface area contributed by atoms with Gasteiger partial charge in [-0.1, -0.05) is 24.3 Å². The van der Waals surface area contributed by atoms with E-state index in [0.29, 0.717) is 5.39 Å². The Bertz CT molecular complexity index is 1290. The summed E-state index contributed by atoms with van der Waals surface area (Å²) in [5.74, 6) is 0. The number of hydrogen-bond donors (Lipinski definition) is 0. The van der Waals surface area contributed by atoms with Crippen molar-refractivity contribution in [2.45, 2.75) is 0 Å². The van der Waals surface area contributed by atoms with Gasteiger partial charge < -0.3 is 4.42 Å². The van der Waals surface area contributed by atoms with Crippen LogP contribution in [0, 0.1) is 0 Å². The minimum atomic E-state index is -0.0484. The highest BCUT2D eigenvalue weighted by atomic mass is 16.3. The van der Waals surface area contributed by atoms with Gasteiger partial charge in [0.1, 0.15) is 11.2 Å². The first kappa shape index (κ1) is 12.4. The molecule has 0 aliphatic carbocycles. The van der Waals surface area contributed by atoms with E-state index in [1.807, 2.05) is 48.5 Å². The lowest BCUT2D eigenvalue weighted by atomic mass is 10.00. The molecule has 0 aliphatic rings. The third-order valence-corrected chi connectivity index (χ3v) is 4.34. The van der Waals surface area contributed by atoms with E-state index in [2.05, 4.69) is 11.1 Å². The van der Waals surface area contributed by atoms with Crippen molar-refractivity contribution in [3.8, 4) is 0 Å². The monoisotopic (exact) mass is 297 g/mol. The van der Waals surface area contributed by atoms with Crippen molar-refractivity contribution < 1.29 is 4.42 Å². The molecule has 0 unspecified atom stereocenters. The molecule has 108 valence electrons. The molecule has 0 saturated carbocycles. The van der Waals surface area contributed by atoms with Crippen molar-refractivity contribution in [1.29, 1.82) is 0 Å². The SMILES string of the molecule is O=c1cncc2c1ccc1c3cc4ccccc4oc3ccc21. The van der Waals surface area contributed by atoms with E-state index in [1.165, 1.54) is 6.20 Å². The first-order valence-corrected chi connectivity index (χ1v) is 7.43. The molecule has 0 saturated heterocycles. The second kappa shape index (κ2) is 4.40. The molecule has 3 nitrogen and oxygen atoms in total. The summed E-state index contributed by atoms with van der Waals surface area (Å²) in [5.41, 5.74) is 1.65. The molecule has 2 aromatic heterocycles. The summed E-state index contributed by atoms with van der Waals surface area (Å²) in [6, 6.07) is 17.9. The fourth-order valence-corrected chi connectivity index (χ4v) is 3.24. The van der Waals surface area contributed by atoms with Gasteiger partial charge in [0.2, 0.25) is 5.43 Å². The number of para-hydroxylation sites is 1. The molecule has 0 radical (unpaired) electrons. The highest BCUT2D eigenvalue weighted by Gasteiger charge is 2.08. The zero-order valence-corrected chi connectivity index (χ0v) is 12.1. The van der Waals surface area contributed by atoms with Crippen LogP contribution in [0.2, 0.25) is 0 Å². The number of pyridine rings is 1. The van der Waals surface area contributed by atoms with Crippen molar-refractivity contribution >= 4 is 43.5 Å². The van der Waals surface area contributed by atoms with E-state index >= 15 is 0 Å². The minimum Gasteiger partial charge on any atom is -0.456 e. The topological polar surface area (TPSA) is 43.1 Å². The molecule has 0 amide bonds. The summed E-state index contributed by atoms with van der Waals surface area (Å²) < 4.78 is 6.01. The molecule has 3 heteroatoms. The fraction of sp³-hybridized carbons (Fsp3) is 0. The summed E-state index contributed by atoms with van der Waals surface area (Å²) in [7, 11) is 0. The van der Waals surface area contributed by atoms with Crippen LogP contribution < -0.4 is 5.43 Å². The van der Waals surface area contributed by atoms with Gasteiger partial charge in [-0.2, -0.15) is 0 Å². The number of fused-ring (bicyclic) bond motifs is 6. The number of rotatable bonds is 0. The standard InChI is InChI=1S/C20H11NO2/c22-18-11-21-10-17-14-7-8-20-16(13(14)5-6-15(17)18)9-12-3-1-2-4-19(12)23-20/h1-11H. The van der Waals surface area contributed by atoms with Gasteiger partial charge in [-0.05, 0) is 41.1 Å². The van der Waals surface area contributed by atoms with Gasteiger partial charge in [-0.15, -0.1) is 0 Å². The molecular weight excluding hydrogens is 286 g/mol. The van der Waals surface area contributed by atoms with E-state index in [4.69, 9.17) is 4.42 Å². The van der Waals surface area contributed by atoms with Gasteiger partial charge in [0, 0.05) is 27.7 Å². The highest BCUT2D eigenvalue weighted by Crippen LogP contribution is 2.32. The molecule has 0 bridgehead atoms. The van der Waals surface area contributed by atoms with Crippen molar-refractivity contribution in [3.63, 3.8) is 0 Å². The smallest absolute Gasteiger partial charge is 0.204 e. The van der Waals surface area contributed by atoms with Crippen molar-refractivity contribution in [1.82, 2.24) is 4.98 Å². The summed E-state index contributed by atoms with van der Waals surface area (Å²) in [6.45, 7) is 0.